The van der Waals surface area contributed by atoms with Crippen LogP contribution in [0.3, 0.4) is 0 Å². The molecule has 4 N–H and O–H groups in total. The number of benzene rings is 4. The van der Waals surface area contributed by atoms with E-state index in [1.165, 1.54) is 6.07 Å². The van der Waals surface area contributed by atoms with Crippen molar-refractivity contribution >= 4 is 71.5 Å². The molecule has 45 heavy (non-hydrogen) atoms. The van der Waals surface area contributed by atoms with Crippen molar-refractivity contribution in [1.82, 2.24) is 39.9 Å². The molecule has 0 aliphatic carbocycles. The molecular formula is C32H22AlN9O2S. The lowest BCUT2D eigenvalue weighted by atomic mass is 10.1. The number of rotatable bonds is 1. The van der Waals surface area contributed by atoms with Crippen LogP contribution in [0.5, 0.6) is 0 Å². The van der Waals surface area contributed by atoms with E-state index in [1.54, 1.807) is 12.1 Å². The molecule has 216 valence electrons. The normalized spacial score (nSPS) is 12.1. The standard InChI is InChI=1S/C32H19N9O2S.Al.3H/c33-44(42,43)23-15-7-14-22-24(23)32-40-30-21-13-6-5-12-20(21)28(38-30)36-26-17-9-2-1-8-16(17)25(34-26)35-27-18-10-3-4-11-19(18)29(37-27)39-31(22)41-32;;;;/h1-15H,(H2,33,42,43)(H2,34,35,36,37,38,39,40,41);;;;. The fourth-order valence-corrected chi connectivity index (χ4v) is 6.65. The van der Waals surface area contributed by atoms with Crippen LogP contribution in [0, 0.1) is 0 Å². The molecule has 9 rings (SSSR count). The highest BCUT2D eigenvalue weighted by Gasteiger charge is 2.23. The van der Waals surface area contributed by atoms with Crippen molar-refractivity contribution in [1.29, 1.82) is 0 Å². The highest BCUT2D eigenvalue weighted by Crippen LogP contribution is 2.37. The number of nitrogens with zero attached hydrogens (tertiary/aromatic N) is 6. The summed E-state index contributed by atoms with van der Waals surface area (Å²) in [4.78, 5) is 35.9. The minimum absolute atomic E-state index is 0. The van der Waals surface area contributed by atoms with Gasteiger partial charge >= 0.3 is 0 Å². The molecule has 0 radical (unpaired) electrons. The number of hydrogen-bond acceptors (Lipinski definition) is 8. The molecule has 7 aromatic rings. The topological polar surface area (TPSA) is 169 Å². The molecule has 5 heterocycles. The van der Waals surface area contributed by atoms with E-state index < -0.39 is 10.0 Å². The van der Waals surface area contributed by atoms with Gasteiger partial charge in [0.05, 0.1) is 4.90 Å². The van der Waals surface area contributed by atoms with Gasteiger partial charge < -0.3 is 9.97 Å². The van der Waals surface area contributed by atoms with Gasteiger partial charge in [-0.25, -0.2) is 43.5 Å². The molecule has 4 aromatic carbocycles. The van der Waals surface area contributed by atoms with Gasteiger partial charge in [0.25, 0.3) is 0 Å². The van der Waals surface area contributed by atoms with Gasteiger partial charge in [0.1, 0.15) is 22.6 Å². The summed E-state index contributed by atoms with van der Waals surface area (Å²) >= 11 is 0. The fourth-order valence-electron chi connectivity index (χ4n) is 5.90. The first kappa shape index (κ1) is 27.2. The molecule has 2 aliphatic rings. The summed E-state index contributed by atoms with van der Waals surface area (Å²) in [7, 11) is -4.12. The van der Waals surface area contributed by atoms with Crippen LogP contribution in [0.4, 0.5) is 0 Å². The third-order valence-electron chi connectivity index (χ3n) is 7.85. The highest BCUT2D eigenvalue weighted by atomic mass is 32.2. The molecule has 11 nitrogen and oxygen atoms in total. The van der Waals surface area contributed by atoms with Crippen molar-refractivity contribution in [2.24, 2.45) is 5.14 Å². The van der Waals surface area contributed by atoms with E-state index in [9.17, 15) is 8.42 Å². The molecule has 0 unspecified atom stereocenters. The van der Waals surface area contributed by atoms with E-state index in [-0.39, 0.29) is 27.9 Å². The number of aromatic nitrogens is 8. The second-order valence-corrected chi connectivity index (χ2v) is 12.0. The Hall–Kier alpha value is -5.32. The fraction of sp³-hybridized carbons (Fsp3) is 0. The molecular weight excluding hydrogens is 601 g/mol. The second-order valence-electron chi connectivity index (χ2n) is 10.5. The quantitative estimate of drug-likeness (QED) is 0.227. The lowest BCUT2D eigenvalue weighted by molar-refractivity contribution is 0.598. The Morgan fingerprint density at radius 3 is 1.31 bits per heavy atom. The van der Waals surface area contributed by atoms with Crippen LogP contribution in [0.15, 0.2) is 95.9 Å². The summed E-state index contributed by atoms with van der Waals surface area (Å²) in [6.07, 6.45) is 0. The summed E-state index contributed by atoms with van der Waals surface area (Å²) in [6, 6.07) is 28.0. The SMILES string of the molecule is NS(=O)(=O)c1cccc2c3nc4nc(nc5[nH]c(nc6nc(nc([nH]3)c12)-c1ccccc1-6)c1ccccc51)-c1ccccc1-4.[AlH3]. The average molecular weight is 624 g/mol. The zero-order chi connectivity index (χ0) is 29.6. The van der Waals surface area contributed by atoms with Crippen LogP contribution in [0.2, 0.25) is 0 Å². The van der Waals surface area contributed by atoms with Gasteiger partial charge in [-0.2, -0.15) is 0 Å². The Bertz CT molecular complexity index is 2660. The van der Waals surface area contributed by atoms with Crippen LogP contribution in [-0.2, 0) is 10.0 Å². The van der Waals surface area contributed by atoms with Gasteiger partial charge in [0, 0.05) is 43.8 Å². The van der Waals surface area contributed by atoms with Gasteiger partial charge in [-0.1, -0.05) is 84.9 Å². The number of sulfonamides is 1. The Balaban J connectivity index is 0.00000300. The number of aromatic amines is 2. The van der Waals surface area contributed by atoms with Crippen molar-refractivity contribution in [3.05, 3.63) is 91.0 Å². The third-order valence-corrected chi connectivity index (χ3v) is 8.80. The van der Waals surface area contributed by atoms with E-state index >= 15 is 0 Å². The van der Waals surface area contributed by atoms with Gasteiger partial charge in [0.15, 0.2) is 40.7 Å². The Morgan fingerprint density at radius 1 is 0.467 bits per heavy atom. The van der Waals surface area contributed by atoms with Gasteiger partial charge in [0.2, 0.25) is 10.0 Å². The molecule has 0 saturated heterocycles. The number of nitrogens with two attached hydrogens (primary N) is 1. The minimum atomic E-state index is -4.12. The van der Waals surface area contributed by atoms with E-state index in [0.29, 0.717) is 51.0 Å². The summed E-state index contributed by atoms with van der Waals surface area (Å²) in [5.74, 6) is 1.72. The molecule has 0 atom stereocenters. The lowest BCUT2D eigenvalue weighted by Gasteiger charge is -2.00. The maximum atomic E-state index is 12.7. The van der Waals surface area contributed by atoms with Crippen LogP contribution in [0.25, 0.3) is 89.7 Å². The third kappa shape index (κ3) is 4.17. The second kappa shape index (κ2) is 9.85. The van der Waals surface area contributed by atoms with Crippen LogP contribution in [-0.4, -0.2) is 65.7 Å². The monoisotopic (exact) mass is 623 g/mol. The molecule has 2 aliphatic heterocycles. The summed E-state index contributed by atoms with van der Waals surface area (Å²) < 4.78 is 25.5. The maximum absolute atomic E-state index is 12.7. The molecule has 3 aromatic heterocycles. The van der Waals surface area contributed by atoms with E-state index in [2.05, 4.69) is 9.97 Å². The van der Waals surface area contributed by atoms with E-state index in [0.717, 1.165) is 33.0 Å². The number of primary sulfonamides is 1. The van der Waals surface area contributed by atoms with Crippen LogP contribution < -0.4 is 5.14 Å². The largest absolute Gasteiger partial charge is 0.324 e. The van der Waals surface area contributed by atoms with Gasteiger partial charge in [-0.3, -0.25) is 0 Å². The minimum Gasteiger partial charge on any atom is -0.324 e. The van der Waals surface area contributed by atoms with E-state index in [4.69, 9.17) is 35.0 Å². The first-order valence-electron chi connectivity index (χ1n) is 13.7. The Kier molecular flexibility index (Phi) is 5.96. The van der Waals surface area contributed by atoms with Crippen LogP contribution in [0.1, 0.15) is 0 Å². The van der Waals surface area contributed by atoms with E-state index in [1.807, 2.05) is 72.8 Å². The van der Waals surface area contributed by atoms with Crippen molar-refractivity contribution < 1.29 is 8.42 Å². The van der Waals surface area contributed by atoms with Crippen LogP contribution >= 0.6 is 0 Å². The zero-order valence-corrected chi connectivity index (χ0v) is 23.5. The number of H-pyrrole nitrogens is 2. The summed E-state index contributed by atoms with van der Waals surface area (Å²) in [5.41, 5.74) is 4.95. The zero-order valence-electron chi connectivity index (χ0n) is 22.6. The first-order chi connectivity index (χ1) is 21.4. The molecule has 0 amide bonds. The lowest BCUT2D eigenvalue weighted by Crippen LogP contribution is -2.12. The average Bonchev–Trinajstić information content (AvgIpc) is 3.76. The molecule has 0 fully saturated rings. The van der Waals surface area contributed by atoms with Gasteiger partial charge in [-0.15, -0.1) is 0 Å². The molecule has 0 saturated carbocycles. The summed E-state index contributed by atoms with van der Waals surface area (Å²) in [5, 5.41) is 8.26. The van der Waals surface area contributed by atoms with Gasteiger partial charge in [-0.05, 0) is 6.07 Å². The van der Waals surface area contributed by atoms with Crippen molar-refractivity contribution in [2.45, 2.75) is 4.90 Å². The Labute approximate surface area is 265 Å². The molecule has 13 heteroatoms. The van der Waals surface area contributed by atoms with Crippen molar-refractivity contribution in [3.8, 4) is 45.6 Å². The Morgan fingerprint density at radius 2 is 0.844 bits per heavy atom. The smallest absolute Gasteiger partial charge is 0.238 e. The highest BCUT2D eigenvalue weighted by molar-refractivity contribution is 7.89. The predicted octanol–water partition coefficient (Wildman–Crippen LogP) is 4.33. The molecule has 8 bridgehead atoms. The number of hydrogen-bond donors (Lipinski definition) is 3. The number of nitrogens with one attached hydrogen (secondary N) is 2. The molecule has 0 spiro atoms. The summed E-state index contributed by atoms with van der Waals surface area (Å²) in [6.45, 7) is 0. The maximum Gasteiger partial charge on any atom is 0.238 e. The predicted molar refractivity (Wildman–Crippen MR) is 177 cm³/mol. The number of fused-ring (bicyclic) bond motifs is 20. The van der Waals surface area contributed by atoms with Crippen molar-refractivity contribution in [2.75, 3.05) is 0 Å². The first-order valence-corrected chi connectivity index (χ1v) is 15.2. The van der Waals surface area contributed by atoms with Crippen molar-refractivity contribution in [3.63, 3.8) is 0 Å².